The Morgan fingerprint density at radius 1 is 1.07 bits per heavy atom. The Balaban J connectivity index is 1.79. The molecule has 0 radical (unpaired) electrons. The van der Waals surface area contributed by atoms with Crippen molar-refractivity contribution in [3.8, 4) is 0 Å². The fourth-order valence-electron chi connectivity index (χ4n) is 3.23. The highest BCUT2D eigenvalue weighted by Gasteiger charge is 2.26. The number of hydrogen-bond donors (Lipinski definition) is 0. The van der Waals surface area contributed by atoms with E-state index < -0.39 is 0 Å². The van der Waals surface area contributed by atoms with E-state index in [0.717, 1.165) is 16.5 Å². The number of halogens is 1. The predicted octanol–water partition coefficient (Wildman–Crippen LogP) is 5.43. The highest BCUT2D eigenvalue weighted by Crippen LogP contribution is 2.29. The van der Waals surface area contributed by atoms with Gasteiger partial charge in [0, 0.05) is 22.7 Å². The molecule has 0 N–H and O–H groups in total. The number of hydrogen-bond acceptors (Lipinski definition) is 3. The Hall–Kier alpha value is -3.47. The van der Waals surface area contributed by atoms with E-state index in [9.17, 15) is 9.18 Å². The minimum atomic E-state index is -0.367. The minimum Gasteiger partial charge on any atom is -0.451 e. The van der Waals surface area contributed by atoms with E-state index in [2.05, 4.69) is 4.98 Å². The quantitative estimate of drug-likeness (QED) is 0.478. The summed E-state index contributed by atoms with van der Waals surface area (Å²) < 4.78 is 20.1. The summed E-state index contributed by atoms with van der Waals surface area (Å²) in [5.41, 5.74) is 2.88. The summed E-state index contributed by atoms with van der Waals surface area (Å²) in [7, 11) is 0. The van der Waals surface area contributed by atoms with Crippen LogP contribution in [0.3, 0.4) is 0 Å². The molecule has 2 heterocycles. The molecule has 0 aliphatic heterocycles. The van der Waals surface area contributed by atoms with Gasteiger partial charge in [-0.05, 0) is 43.7 Å². The highest BCUT2D eigenvalue weighted by atomic mass is 19.1. The molecule has 4 rings (SSSR count). The third kappa shape index (κ3) is 3.27. The van der Waals surface area contributed by atoms with Gasteiger partial charge in [0.05, 0.1) is 6.54 Å². The zero-order chi connectivity index (χ0) is 19.7. The second kappa shape index (κ2) is 7.27. The summed E-state index contributed by atoms with van der Waals surface area (Å²) in [4.78, 5) is 19.1. The van der Waals surface area contributed by atoms with Gasteiger partial charge in [-0.15, -0.1) is 0 Å². The summed E-state index contributed by atoms with van der Waals surface area (Å²) in [5.74, 6) is -0.0455. The maximum atomic E-state index is 14.2. The Labute approximate surface area is 162 Å². The average Bonchev–Trinajstić information content (AvgIpc) is 3.03. The van der Waals surface area contributed by atoms with Crippen LogP contribution in [0.25, 0.3) is 11.0 Å². The van der Waals surface area contributed by atoms with E-state index in [-0.39, 0.29) is 24.0 Å². The van der Waals surface area contributed by atoms with Gasteiger partial charge in [-0.1, -0.05) is 36.4 Å². The molecule has 0 saturated heterocycles. The van der Waals surface area contributed by atoms with E-state index in [0.29, 0.717) is 17.0 Å². The number of aromatic nitrogens is 1. The molecule has 0 saturated carbocycles. The molecular weight excluding hydrogens is 355 g/mol. The van der Waals surface area contributed by atoms with Crippen molar-refractivity contribution in [1.82, 2.24) is 4.98 Å². The number of aryl methyl sites for hydroxylation is 2. The van der Waals surface area contributed by atoms with Gasteiger partial charge in [-0.3, -0.25) is 9.69 Å². The molecule has 0 spiro atoms. The Bertz CT molecular complexity index is 1150. The lowest BCUT2D eigenvalue weighted by molar-refractivity contribution is 0.0958. The van der Waals surface area contributed by atoms with Crippen molar-refractivity contribution in [2.24, 2.45) is 0 Å². The van der Waals surface area contributed by atoms with E-state index in [4.69, 9.17) is 4.42 Å². The molecule has 1 amide bonds. The van der Waals surface area contributed by atoms with E-state index in [1.54, 1.807) is 42.6 Å². The van der Waals surface area contributed by atoms with Gasteiger partial charge >= 0.3 is 0 Å². The molecule has 4 aromatic rings. The van der Waals surface area contributed by atoms with Crippen LogP contribution in [0.5, 0.6) is 0 Å². The molecule has 0 fully saturated rings. The number of pyridine rings is 1. The fraction of sp³-hybridized carbons (Fsp3) is 0.130. The van der Waals surface area contributed by atoms with Crippen LogP contribution in [0, 0.1) is 19.7 Å². The molecule has 0 unspecified atom stereocenters. The molecule has 0 aliphatic carbocycles. The number of amides is 1. The number of carbonyl (C=O) groups is 1. The van der Waals surface area contributed by atoms with E-state index in [1.807, 2.05) is 32.0 Å². The first-order valence-corrected chi connectivity index (χ1v) is 9.00. The van der Waals surface area contributed by atoms with Crippen LogP contribution < -0.4 is 4.90 Å². The highest BCUT2D eigenvalue weighted by molar-refractivity contribution is 6.07. The molecule has 0 bridgehead atoms. The first-order chi connectivity index (χ1) is 13.5. The van der Waals surface area contributed by atoms with Gasteiger partial charge in [0.15, 0.2) is 5.76 Å². The van der Waals surface area contributed by atoms with Crippen LogP contribution in [0.1, 0.15) is 27.2 Å². The molecule has 5 heteroatoms. The number of nitrogens with zero attached hydrogens (tertiary/aromatic N) is 2. The summed E-state index contributed by atoms with van der Waals surface area (Å²) >= 11 is 0. The topological polar surface area (TPSA) is 46.3 Å². The summed E-state index contributed by atoms with van der Waals surface area (Å²) in [5, 5.41) is 0.890. The normalized spacial score (nSPS) is 11.0. The third-order valence-electron chi connectivity index (χ3n) is 4.75. The van der Waals surface area contributed by atoms with E-state index in [1.165, 1.54) is 11.0 Å². The largest absolute Gasteiger partial charge is 0.451 e. The van der Waals surface area contributed by atoms with E-state index >= 15 is 0 Å². The first kappa shape index (κ1) is 17.9. The zero-order valence-corrected chi connectivity index (χ0v) is 15.6. The molecule has 140 valence electrons. The number of fused-ring (bicyclic) bond motifs is 1. The van der Waals surface area contributed by atoms with Crippen LogP contribution in [-0.2, 0) is 6.54 Å². The minimum absolute atomic E-state index is 0.0536. The fourth-order valence-corrected chi connectivity index (χ4v) is 3.23. The average molecular weight is 374 g/mol. The predicted molar refractivity (Wildman–Crippen MR) is 107 cm³/mol. The number of benzene rings is 2. The van der Waals surface area contributed by atoms with Gasteiger partial charge in [-0.2, -0.15) is 0 Å². The van der Waals surface area contributed by atoms with Gasteiger partial charge < -0.3 is 4.42 Å². The first-order valence-electron chi connectivity index (χ1n) is 9.00. The van der Waals surface area contributed by atoms with Crippen LogP contribution in [0.4, 0.5) is 10.2 Å². The number of anilines is 1. The maximum Gasteiger partial charge on any atom is 0.295 e. The van der Waals surface area contributed by atoms with Gasteiger partial charge in [-0.25, -0.2) is 9.37 Å². The molecule has 0 aliphatic rings. The Kier molecular flexibility index (Phi) is 4.65. The molecule has 2 aromatic carbocycles. The lowest BCUT2D eigenvalue weighted by Gasteiger charge is -2.21. The summed E-state index contributed by atoms with van der Waals surface area (Å²) in [6.45, 7) is 3.88. The van der Waals surface area contributed by atoms with Crippen LogP contribution in [0.2, 0.25) is 0 Å². The van der Waals surface area contributed by atoms with Gasteiger partial charge in [0.2, 0.25) is 0 Å². The number of carbonyl (C=O) groups excluding carboxylic acids is 1. The van der Waals surface area contributed by atoms with Crippen LogP contribution >= 0.6 is 0 Å². The van der Waals surface area contributed by atoms with Crippen molar-refractivity contribution in [3.05, 3.63) is 95.1 Å². The van der Waals surface area contributed by atoms with Crippen LogP contribution in [0.15, 0.2) is 71.3 Å². The summed E-state index contributed by atoms with van der Waals surface area (Å²) in [6, 6.07) is 17.5. The lowest BCUT2D eigenvalue weighted by Crippen LogP contribution is -2.31. The number of rotatable bonds is 4. The monoisotopic (exact) mass is 374 g/mol. The van der Waals surface area contributed by atoms with Crippen molar-refractivity contribution in [3.63, 3.8) is 0 Å². The third-order valence-corrected chi connectivity index (χ3v) is 4.75. The zero-order valence-electron chi connectivity index (χ0n) is 15.6. The van der Waals surface area contributed by atoms with Crippen molar-refractivity contribution < 1.29 is 13.6 Å². The Morgan fingerprint density at radius 3 is 2.61 bits per heavy atom. The van der Waals surface area contributed by atoms with Crippen molar-refractivity contribution in [2.75, 3.05) is 4.90 Å². The smallest absolute Gasteiger partial charge is 0.295 e. The molecular formula is C23H19FN2O2. The second-order valence-corrected chi connectivity index (χ2v) is 6.73. The molecule has 4 nitrogen and oxygen atoms in total. The lowest BCUT2D eigenvalue weighted by atomic mass is 10.1. The molecule has 2 aromatic heterocycles. The SMILES string of the molecule is Cc1ccc2c(C)c(C(=O)N(Cc3ccccc3F)c3ccccn3)oc2c1. The summed E-state index contributed by atoms with van der Waals surface area (Å²) in [6.07, 6.45) is 1.60. The molecule has 0 atom stereocenters. The van der Waals surface area contributed by atoms with Gasteiger partial charge in [0.1, 0.15) is 17.2 Å². The van der Waals surface area contributed by atoms with Gasteiger partial charge in [0.25, 0.3) is 5.91 Å². The van der Waals surface area contributed by atoms with Crippen molar-refractivity contribution in [1.29, 1.82) is 0 Å². The standard InChI is InChI=1S/C23H19FN2O2/c1-15-10-11-18-16(2)22(28-20(18)13-15)23(27)26(21-9-5-6-12-25-21)14-17-7-3-4-8-19(17)24/h3-13H,14H2,1-2H3. The molecule has 28 heavy (non-hydrogen) atoms. The van der Waals surface area contributed by atoms with Crippen LogP contribution in [-0.4, -0.2) is 10.9 Å². The maximum absolute atomic E-state index is 14.2. The number of furan rings is 1. The van der Waals surface area contributed by atoms with Crippen molar-refractivity contribution in [2.45, 2.75) is 20.4 Å². The Morgan fingerprint density at radius 2 is 1.86 bits per heavy atom. The van der Waals surface area contributed by atoms with Crippen molar-refractivity contribution >= 4 is 22.7 Å². The second-order valence-electron chi connectivity index (χ2n) is 6.73.